The van der Waals surface area contributed by atoms with Gasteiger partial charge in [0, 0.05) is 18.6 Å². The van der Waals surface area contributed by atoms with E-state index < -0.39 is 5.60 Å². The topological polar surface area (TPSA) is 55.6 Å². The van der Waals surface area contributed by atoms with Crippen LogP contribution in [0.25, 0.3) is 0 Å². The zero-order valence-electron chi connectivity index (χ0n) is 10.1. The Hall–Kier alpha value is -0.770. The number of carbonyl (C=O) groups excluding carboxylic acids is 1. The molecular formula is C11H22N2O2. The van der Waals surface area contributed by atoms with Crippen molar-refractivity contribution in [3.05, 3.63) is 0 Å². The van der Waals surface area contributed by atoms with Gasteiger partial charge in [-0.2, -0.15) is 0 Å². The molecule has 2 N–H and O–H groups in total. The molecule has 88 valence electrons. The van der Waals surface area contributed by atoms with Crippen LogP contribution in [-0.2, 0) is 4.74 Å². The third-order valence-electron chi connectivity index (χ3n) is 2.68. The Labute approximate surface area is 91.8 Å². The van der Waals surface area contributed by atoms with Gasteiger partial charge in [0.1, 0.15) is 5.60 Å². The van der Waals surface area contributed by atoms with E-state index in [2.05, 4.69) is 0 Å². The van der Waals surface area contributed by atoms with Crippen LogP contribution < -0.4 is 5.73 Å². The maximum Gasteiger partial charge on any atom is 0.410 e. The van der Waals surface area contributed by atoms with Gasteiger partial charge in [-0.05, 0) is 40.5 Å². The van der Waals surface area contributed by atoms with Gasteiger partial charge in [0.15, 0.2) is 0 Å². The highest BCUT2D eigenvalue weighted by Gasteiger charge is 2.31. The van der Waals surface area contributed by atoms with E-state index >= 15 is 0 Å². The Morgan fingerprint density at radius 3 is 2.60 bits per heavy atom. The number of nitrogens with zero attached hydrogens (tertiary/aromatic N) is 1. The van der Waals surface area contributed by atoms with Crippen LogP contribution in [0.2, 0.25) is 0 Å². The predicted molar refractivity (Wildman–Crippen MR) is 59.6 cm³/mol. The van der Waals surface area contributed by atoms with Crippen LogP contribution in [0.1, 0.15) is 40.5 Å². The molecule has 4 heteroatoms. The Balaban J connectivity index is 2.59. The fourth-order valence-electron chi connectivity index (χ4n) is 1.75. The molecule has 0 saturated carbocycles. The highest BCUT2D eigenvalue weighted by molar-refractivity contribution is 5.68. The normalized spacial score (nSPS) is 27.7. The SMILES string of the molecule is C[C@H]1C(N)CCCN1C(=O)OC(C)(C)C. The Morgan fingerprint density at radius 1 is 1.47 bits per heavy atom. The number of nitrogens with two attached hydrogens (primary N) is 1. The number of ether oxygens (including phenoxy) is 1. The lowest BCUT2D eigenvalue weighted by Gasteiger charge is -2.38. The zero-order valence-corrected chi connectivity index (χ0v) is 10.1. The van der Waals surface area contributed by atoms with Crippen molar-refractivity contribution in [3.63, 3.8) is 0 Å². The third-order valence-corrected chi connectivity index (χ3v) is 2.68. The summed E-state index contributed by atoms with van der Waals surface area (Å²) < 4.78 is 5.33. The lowest BCUT2D eigenvalue weighted by atomic mass is 9.99. The minimum Gasteiger partial charge on any atom is -0.444 e. The first-order valence-electron chi connectivity index (χ1n) is 5.56. The van der Waals surface area contributed by atoms with Gasteiger partial charge in [-0.3, -0.25) is 0 Å². The van der Waals surface area contributed by atoms with Gasteiger partial charge in [-0.15, -0.1) is 0 Å². The van der Waals surface area contributed by atoms with Crippen molar-refractivity contribution in [3.8, 4) is 0 Å². The van der Waals surface area contributed by atoms with Gasteiger partial charge in [-0.25, -0.2) is 4.79 Å². The van der Waals surface area contributed by atoms with Crippen LogP contribution in [0.5, 0.6) is 0 Å². The fourth-order valence-corrected chi connectivity index (χ4v) is 1.75. The van der Waals surface area contributed by atoms with E-state index in [1.54, 1.807) is 4.90 Å². The number of rotatable bonds is 0. The van der Waals surface area contributed by atoms with E-state index in [0.29, 0.717) is 0 Å². The second kappa shape index (κ2) is 4.39. The van der Waals surface area contributed by atoms with Gasteiger partial charge in [0.05, 0.1) is 0 Å². The molecule has 1 unspecified atom stereocenters. The van der Waals surface area contributed by atoms with E-state index in [4.69, 9.17) is 10.5 Å². The number of amides is 1. The Bertz CT molecular complexity index is 235. The molecule has 1 heterocycles. The second-order valence-electron chi connectivity index (χ2n) is 5.22. The summed E-state index contributed by atoms with van der Waals surface area (Å²) >= 11 is 0. The Kier molecular flexibility index (Phi) is 3.60. The van der Waals surface area contributed by atoms with E-state index in [9.17, 15) is 4.79 Å². The predicted octanol–water partition coefficient (Wildman–Crippen LogP) is 1.73. The largest absolute Gasteiger partial charge is 0.444 e. The number of piperidine rings is 1. The van der Waals surface area contributed by atoms with Crippen molar-refractivity contribution in [1.29, 1.82) is 0 Å². The van der Waals surface area contributed by atoms with E-state index in [1.165, 1.54) is 0 Å². The highest BCUT2D eigenvalue weighted by Crippen LogP contribution is 2.19. The van der Waals surface area contributed by atoms with Crippen molar-refractivity contribution >= 4 is 6.09 Å². The van der Waals surface area contributed by atoms with Crippen molar-refractivity contribution in [2.45, 2.75) is 58.2 Å². The van der Waals surface area contributed by atoms with E-state index in [0.717, 1.165) is 19.4 Å². The summed E-state index contributed by atoms with van der Waals surface area (Å²) in [5.74, 6) is 0. The van der Waals surface area contributed by atoms with Crippen LogP contribution in [0.4, 0.5) is 4.79 Å². The summed E-state index contributed by atoms with van der Waals surface area (Å²) in [6.45, 7) is 8.36. The molecule has 15 heavy (non-hydrogen) atoms. The van der Waals surface area contributed by atoms with Gasteiger partial charge < -0.3 is 15.4 Å². The summed E-state index contributed by atoms with van der Waals surface area (Å²) in [5.41, 5.74) is 5.49. The summed E-state index contributed by atoms with van der Waals surface area (Å²) in [6, 6.07) is 0.153. The van der Waals surface area contributed by atoms with Crippen molar-refractivity contribution < 1.29 is 9.53 Å². The van der Waals surface area contributed by atoms with Crippen LogP contribution in [-0.4, -0.2) is 35.2 Å². The second-order valence-corrected chi connectivity index (χ2v) is 5.22. The minimum atomic E-state index is -0.432. The molecule has 1 rings (SSSR count). The Morgan fingerprint density at radius 2 is 2.07 bits per heavy atom. The third kappa shape index (κ3) is 3.38. The molecule has 0 aromatic rings. The van der Waals surface area contributed by atoms with Gasteiger partial charge in [0.25, 0.3) is 0 Å². The number of likely N-dealkylation sites (tertiary alicyclic amines) is 1. The van der Waals surface area contributed by atoms with Crippen molar-refractivity contribution in [1.82, 2.24) is 4.90 Å². The number of carbonyl (C=O) groups is 1. The highest BCUT2D eigenvalue weighted by atomic mass is 16.6. The average Bonchev–Trinajstić information content (AvgIpc) is 2.06. The summed E-state index contributed by atoms with van der Waals surface area (Å²) in [7, 11) is 0. The molecule has 0 bridgehead atoms. The monoisotopic (exact) mass is 214 g/mol. The molecule has 1 saturated heterocycles. The number of hydrogen-bond donors (Lipinski definition) is 1. The standard InChI is InChI=1S/C11H22N2O2/c1-8-9(12)6-5-7-13(8)10(14)15-11(2,3)4/h8-9H,5-7,12H2,1-4H3/t8-,9?/m0/s1. The van der Waals surface area contributed by atoms with Crippen LogP contribution >= 0.6 is 0 Å². The van der Waals surface area contributed by atoms with Crippen LogP contribution in [0.15, 0.2) is 0 Å². The first kappa shape index (κ1) is 12.3. The van der Waals surface area contributed by atoms with Crippen LogP contribution in [0.3, 0.4) is 0 Å². The summed E-state index contributed by atoms with van der Waals surface area (Å²) in [4.78, 5) is 13.6. The molecule has 0 aromatic heterocycles. The average molecular weight is 214 g/mol. The van der Waals surface area contributed by atoms with Crippen LogP contribution in [0, 0.1) is 0 Å². The maximum atomic E-state index is 11.8. The van der Waals surface area contributed by atoms with Crippen molar-refractivity contribution in [2.75, 3.05) is 6.54 Å². The molecule has 1 aliphatic rings. The van der Waals surface area contributed by atoms with Gasteiger partial charge in [-0.1, -0.05) is 0 Å². The maximum absolute atomic E-state index is 11.8. The smallest absolute Gasteiger partial charge is 0.410 e. The molecule has 1 aliphatic heterocycles. The molecule has 0 radical (unpaired) electrons. The minimum absolute atomic E-state index is 0.0752. The molecule has 1 fully saturated rings. The summed E-state index contributed by atoms with van der Waals surface area (Å²) in [5, 5.41) is 0. The first-order valence-corrected chi connectivity index (χ1v) is 5.56. The lowest BCUT2D eigenvalue weighted by Crippen LogP contribution is -2.53. The van der Waals surface area contributed by atoms with E-state index in [1.807, 2.05) is 27.7 Å². The van der Waals surface area contributed by atoms with Gasteiger partial charge >= 0.3 is 6.09 Å². The molecule has 0 aliphatic carbocycles. The van der Waals surface area contributed by atoms with Crippen molar-refractivity contribution in [2.24, 2.45) is 5.73 Å². The quantitative estimate of drug-likeness (QED) is 0.668. The molecular weight excluding hydrogens is 192 g/mol. The zero-order chi connectivity index (χ0) is 11.6. The van der Waals surface area contributed by atoms with E-state index in [-0.39, 0.29) is 18.2 Å². The molecule has 4 nitrogen and oxygen atoms in total. The van der Waals surface area contributed by atoms with Gasteiger partial charge in [0.2, 0.25) is 0 Å². The lowest BCUT2D eigenvalue weighted by molar-refractivity contribution is 0.00933. The first-order chi connectivity index (χ1) is 6.81. The summed E-state index contributed by atoms with van der Waals surface area (Å²) in [6.07, 6.45) is 1.70. The molecule has 2 atom stereocenters. The fraction of sp³-hybridized carbons (Fsp3) is 0.909. The molecule has 0 spiro atoms. The molecule has 1 amide bonds. The molecule has 0 aromatic carbocycles. The number of hydrogen-bond acceptors (Lipinski definition) is 3.